The molecule has 7 nitrogen and oxygen atoms in total. The highest BCUT2D eigenvalue weighted by Crippen LogP contribution is 2.38. The number of aryl methyl sites for hydroxylation is 1. The summed E-state index contributed by atoms with van der Waals surface area (Å²) in [4.78, 5) is 15.5. The minimum atomic E-state index is -0.840. The first-order valence-electron chi connectivity index (χ1n) is 9.99. The van der Waals surface area contributed by atoms with Crippen molar-refractivity contribution in [3.8, 4) is 22.9 Å². The number of halogens is 2. The van der Waals surface area contributed by atoms with Crippen LogP contribution in [0.1, 0.15) is 5.56 Å². The molecule has 166 valence electrons. The fourth-order valence-electron chi connectivity index (χ4n) is 3.82. The van der Waals surface area contributed by atoms with Gasteiger partial charge >= 0.3 is 0 Å². The summed E-state index contributed by atoms with van der Waals surface area (Å²) in [6.07, 6.45) is 0. The summed E-state index contributed by atoms with van der Waals surface area (Å²) < 4.78 is 40.5. The van der Waals surface area contributed by atoms with E-state index >= 15 is 0 Å². The van der Waals surface area contributed by atoms with Gasteiger partial charge in [0.05, 0.1) is 18.3 Å². The molecule has 0 aliphatic carbocycles. The van der Waals surface area contributed by atoms with Crippen LogP contribution in [0.5, 0.6) is 17.2 Å². The highest BCUT2D eigenvalue weighted by molar-refractivity contribution is 6.06. The molecule has 5 rings (SSSR count). The number of aromatic nitrogens is 3. The van der Waals surface area contributed by atoms with E-state index in [1.165, 1.54) is 17.9 Å². The number of rotatable bonds is 4. The molecule has 2 aromatic heterocycles. The summed E-state index contributed by atoms with van der Waals surface area (Å²) in [6.45, 7) is 1.76. The molecular formula is C24H18F2N4O3. The lowest BCUT2D eigenvalue weighted by molar-refractivity contribution is 0.359. The molecule has 0 aliphatic rings. The highest BCUT2D eigenvalue weighted by Gasteiger charge is 2.20. The predicted octanol–water partition coefficient (Wildman–Crippen LogP) is 4.84. The maximum Gasteiger partial charge on any atom is 0.261 e. The normalized spacial score (nSPS) is 11.3. The van der Waals surface area contributed by atoms with Gasteiger partial charge < -0.3 is 20.2 Å². The molecule has 0 bridgehead atoms. The third-order valence-corrected chi connectivity index (χ3v) is 5.42. The van der Waals surface area contributed by atoms with Crippen LogP contribution in [-0.2, 0) is 0 Å². The standard InChI is InChI=1S/C24H18F2N4O3/c1-12-10-19(33-22-14(25)7-5-8-15(22)26)18(32-2)11-17(12)30-23(27)20-21(29-30)13-6-3-4-9-16(13)28-24(20)31/h3-11H,27H2,1-2H3,(H,28,31). The maximum atomic E-state index is 14.1. The van der Waals surface area contributed by atoms with Gasteiger partial charge in [-0.05, 0) is 36.8 Å². The van der Waals surface area contributed by atoms with Gasteiger partial charge in [0, 0.05) is 11.5 Å². The Morgan fingerprint density at radius 2 is 1.76 bits per heavy atom. The molecule has 0 amide bonds. The number of anilines is 1. The second kappa shape index (κ2) is 7.63. The quantitative estimate of drug-likeness (QED) is 0.410. The summed E-state index contributed by atoms with van der Waals surface area (Å²) in [5.41, 5.74) is 8.23. The number of ether oxygens (including phenoxy) is 2. The van der Waals surface area contributed by atoms with Crippen LogP contribution in [0.2, 0.25) is 0 Å². The molecule has 33 heavy (non-hydrogen) atoms. The number of pyridine rings is 1. The van der Waals surface area contributed by atoms with Crippen molar-refractivity contribution in [2.24, 2.45) is 0 Å². The lowest BCUT2D eigenvalue weighted by Gasteiger charge is -2.15. The van der Waals surface area contributed by atoms with Crippen molar-refractivity contribution in [2.45, 2.75) is 6.92 Å². The Morgan fingerprint density at radius 1 is 1.03 bits per heavy atom. The zero-order valence-corrected chi connectivity index (χ0v) is 17.6. The van der Waals surface area contributed by atoms with E-state index in [2.05, 4.69) is 10.1 Å². The van der Waals surface area contributed by atoms with E-state index in [4.69, 9.17) is 15.2 Å². The molecule has 3 aromatic carbocycles. The van der Waals surface area contributed by atoms with Crippen molar-refractivity contribution < 1.29 is 18.3 Å². The second-order valence-electron chi connectivity index (χ2n) is 7.46. The number of nitrogens with one attached hydrogen (secondary N) is 1. The summed E-state index contributed by atoms with van der Waals surface area (Å²) in [5.74, 6) is -1.75. The minimum absolute atomic E-state index is 0.112. The molecule has 0 fully saturated rings. The molecule has 0 atom stereocenters. The Labute approximate surface area is 186 Å². The molecule has 5 aromatic rings. The van der Waals surface area contributed by atoms with Crippen LogP contribution < -0.4 is 20.8 Å². The fraction of sp³-hybridized carbons (Fsp3) is 0.0833. The number of methoxy groups -OCH3 is 1. The van der Waals surface area contributed by atoms with Gasteiger partial charge in [0.2, 0.25) is 0 Å². The number of nitrogens with two attached hydrogens (primary N) is 1. The molecule has 0 radical (unpaired) electrons. The second-order valence-corrected chi connectivity index (χ2v) is 7.46. The Kier molecular flexibility index (Phi) is 4.74. The predicted molar refractivity (Wildman–Crippen MR) is 121 cm³/mol. The van der Waals surface area contributed by atoms with Crippen LogP contribution in [0.25, 0.3) is 27.5 Å². The van der Waals surface area contributed by atoms with E-state index < -0.39 is 17.4 Å². The number of benzene rings is 3. The Morgan fingerprint density at radius 3 is 2.48 bits per heavy atom. The molecule has 0 unspecified atom stereocenters. The Balaban J connectivity index is 1.69. The fourth-order valence-corrected chi connectivity index (χ4v) is 3.82. The number of hydrogen-bond acceptors (Lipinski definition) is 5. The van der Waals surface area contributed by atoms with Gasteiger partial charge in [-0.15, -0.1) is 0 Å². The molecule has 3 N–H and O–H groups in total. The lowest BCUT2D eigenvalue weighted by atomic mass is 10.1. The van der Waals surface area contributed by atoms with Crippen LogP contribution >= 0.6 is 0 Å². The third-order valence-electron chi connectivity index (χ3n) is 5.42. The highest BCUT2D eigenvalue weighted by atomic mass is 19.1. The first kappa shape index (κ1) is 20.5. The first-order chi connectivity index (χ1) is 15.9. The van der Waals surface area contributed by atoms with Crippen molar-refractivity contribution in [2.75, 3.05) is 12.8 Å². The molecule has 9 heteroatoms. The van der Waals surface area contributed by atoms with Crippen LogP contribution in [0.15, 0.2) is 59.4 Å². The number of H-pyrrole nitrogens is 1. The SMILES string of the molecule is COc1cc(-n2nc3c(c2N)c(=O)[nH]c2ccccc23)c(C)cc1Oc1c(F)cccc1F. The van der Waals surface area contributed by atoms with Gasteiger partial charge in [-0.1, -0.05) is 24.3 Å². The number of fused-ring (bicyclic) bond motifs is 3. The van der Waals surface area contributed by atoms with Crippen molar-refractivity contribution >= 4 is 27.6 Å². The Hall–Kier alpha value is -4.40. The Bertz CT molecular complexity index is 1590. The largest absolute Gasteiger partial charge is 0.493 e. The van der Waals surface area contributed by atoms with E-state index in [1.54, 1.807) is 25.1 Å². The molecule has 0 spiro atoms. The summed E-state index contributed by atoms with van der Waals surface area (Å²) in [7, 11) is 1.40. The molecule has 2 heterocycles. The van der Waals surface area contributed by atoms with Gasteiger partial charge in [0.25, 0.3) is 5.56 Å². The first-order valence-corrected chi connectivity index (χ1v) is 9.99. The monoisotopic (exact) mass is 448 g/mol. The van der Waals surface area contributed by atoms with Crippen LogP contribution in [0, 0.1) is 18.6 Å². The molecule has 0 aliphatic heterocycles. The van der Waals surface area contributed by atoms with Crippen molar-refractivity contribution in [1.82, 2.24) is 14.8 Å². The number of nitrogen functional groups attached to an aromatic ring is 1. The van der Waals surface area contributed by atoms with E-state index in [1.807, 2.05) is 18.2 Å². The van der Waals surface area contributed by atoms with E-state index in [-0.39, 0.29) is 28.3 Å². The zero-order valence-electron chi connectivity index (χ0n) is 17.6. The van der Waals surface area contributed by atoms with Gasteiger partial charge in [-0.3, -0.25) is 4.79 Å². The van der Waals surface area contributed by atoms with Gasteiger partial charge in [0.1, 0.15) is 16.7 Å². The topological polar surface area (TPSA) is 95.2 Å². The number of para-hydroxylation sites is 2. The van der Waals surface area contributed by atoms with Crippen LogP contribution in [0.4, 0.5) is 14.6 Å². The molecule has 0 saturated carbocycles. The van der Waals surface area contributed by atoms with Crippen LogP contribution in [0.3, 0.4) is 0 Å². The number of nitrogens with zero attached hydrogens (tertiary/aromatic N) is 2. The van der Waals surface area contributed by atoms with Gasteiger partial charge in [0.15, 0.2) is 28.9 Å². The van der Waals surface area contributed by atoms with Crippen LogP contribution in [-0.4, -0.2) is 21.9 Å². The number of aromatic amines is 1. The zero-order chi connectivity index (χ0) is 23.3. The number of hydrogen-bond donors (Lipinski definition) is 2. The smallest absolute Gasteiger partial charge is 0.261 e. The van der Waals surface area contributed by atoms with E-state index in [0.29, 0.717) is 22.3 Å². The van der Waals surface area contributed by atoms with Gasteiger partial charge in [-0.2, -0.15) is 5.10 Å². The van der Waals surface area contributed by atoms with E-state index in [0.717, 1.165) is 17.5 Å². The molecule has 0 saturated heterocycles. The molecular weight excluding hydrogens is 430 g/mol. The average molecular weight is 448 g/mol. The van der Waals surface area contributed by atoms with Gasteiger partial charge in [-0.25, -0.2) is 13.5 Å². The average Bonchev–Trinajstić information content (AvgIpc) is 3.14. The summed E-state index contributed by atoms with van der Waals surface area (Å²) in [5, 5.41) is 5.62. The van der Waals surface area contributed by atoms with Crippen molar-refractivity contribution in [3.05, 3.63) is 82.1 Å². The summed E-state index contributed by atoms with van der Waals surface area (Å²) in [6, 6.07) is 13.9. The minimum Gasteiger partial charge on any atom is -0.493 e. The lowest BCUT2D eigenvalue weighted by Crippen LogP contribution is -2.09. The maximum absolute atomic E-state index is 14.1. The summed E-state index contributed by atoms with van der Waals surface area (Å²) >= 11 is 0. The van der Waals surface area contributed by atoms with E-state index in [9.17, 15) is 13.6 Å². The van der Waals surface area contributed by atoms with Crippen molar-refractivity contribution in [3.63, 3.8) is 0 Å². The van der Waals surface area contributed by atoms with Crippen molar-refractivity contribution in [1.29, 1.82) is 0 Å². The third kappa shape index (κ3) is 3.25.